The highest BCUT2D eigenvalue weighted by Crippen LogP contribution is 2.49. The van der Waals surface area contributed by atoms with Crippen LogP contribution >= 0.6 is 0 Å². The topological polar surface area (TPSA) is 183 Å². The van der Waals surface area contributed by atoms with Crippen molar-refractivity contribution in [2.45, 2.75) is 162 Å². The molecule has 2 saturated heterocycles. The van der Waals surface area contributed by atoms with Crippen molar-refractivity contribution in [2.75, 3.05) is 32.9 Å². The Kier molecular flexibility index (Phi) is 15.8. The Morgan fingerprint density at radius 2 is 0.962 bits per heavy atom. The number of aliphatic carboxylic acids is 1. The molecule has 53 heavy (non-hydrogen) atoms. The van der Waals surface area contributed by atoms with Crippen molar-refractivity contribution in [1.29, 1.82) is 0 Å². The van der Waals surface area contributed by atoms with Gasteiger partial charge < -0.3 is 24.1 Å². The molecule has 0 aromatic heterocycles. The van der Waals surface area contributed by atoms with Crippen LogP contribution in [0.15, 0.2) is 0 Å². The minimum absolute atomic E-state index is 0.0343. The monoisotopic (exact) mass is 752 g/mol. The van der Waals surface area contributed by atoms with E-state index in [1.54, 1.807) is 6.92 Å². The number of carboxylic acids is 1. The zero-order valence-electron chi connectivity index (χ0n) is 33.9. The Balaban J connectivity index is 2.43. The Labute approximate surface area is 314 Å². The second kappa shape index (κ2) is 18.3. The summed E-state index contributed by atoms with van der Waals surface area (Å²) in [5.41, 5.74) is -3.56. The molecule has 0 saturated carbocycles. The van der Waals surface area contributed by atoms with Crippen molar-refractivity contribution in [3.05, 3.63) is 0 Å². The van der Waals surface area contributed by atoms with Crippen LogP contribution in [0.1, 0.15) is 134 Å². The molecule has 14 heteroatoms. The third-order valence-electron chi connectivity index (χ3n) is 10.5. The van der Waals surface area contributed by atoms with Crippen LogP contribution in [0.25, 0.3) is 0 Å². The van der Waals surface area contributed by atoms with Crippen LogP contribution in [0.2, 0.25) is 0 Å². The Bertz CT molecular complexity index is 1260. The molecule has 302 valence electrons. The first-order valence-corrected chi connectivity index (χ1v) is 18.7. The highest BCUT2D eigenvalue weighted by Gasteiger charge is 2.54. The second-order valence-corrected chi connectivity index (χ2v) is 17.5. The molecule has 0 aromatic carbocycles. The van der Waals surface area contributed by atoms with E-state index in [2.05, 4.69) is 65.2 Å². The van der Waals surface area contributed by atoms with Crippen LogP contribution in [-0.2, 0) is 52.5 Å². The third-order valence-corrected chi connectivity index (χ3v) is 10.5. The van der Waals surface area contributed by atoms with Gasteiger partial charge in [0.2, 0.25) is 5.60 Å². The zero-order valence-corrected chi connectivity index (χ0v) is 33.9. The van der Waals surface area contributed by atoms with Gasteiger partial charge in [-0.25, -0.2) is 4.79 Å². The van der Waals surface area contributed by atoms with Crippen molar-refractivity contribution >= 4 is 41.4 Å². The van der Waals surface area contributed by atoms with Crippen LogP contribution in [0.3, 0.4) is 0 Å². The summed E-state index contributed by atoms with van der Waals surface area (Å²) in [7, 11) is 0. The number of hydrogen-bond donors (Lipinski definition) is 1. The fraction of sp³-hybridized carbons (Fsp3) is 0.821. The summed E-state index contributed by atoms with van der Waals surface area (Å²) in [6.07, 6.45) is 1.14. The molecule has 14 nitrogen and oxygen atoms in total. The van der Waals surface area contributed by atoms with E-state index in [9.17, 15) is 38.7 Å². The average molecular weight is 753 g/mol. The number of likely N-dealkylation sites (tertiary alicyclic amines) is 2. The van der Waals surface area contributed by atoms with Gasteiger partial charge in [0, 0.05) is 48.1 Å². The van der Waals surface area contributed by atoms with Gasteiger partial charge in [0.1, 0.15) is 44.0 Å². The molecule has 0 unspecified atom stereocenters. The van der Waals surface area contributed by atoms with E-state index in [0.717, 1.165) is 0 Å². The maximum absolute atomic E-state index is 14.2. The lowest BCUT2D eigenvalue weighted by atomic mass is 9.66. The maximum atomic E-state index is 14.2. The highest BCUT2D eigenvalue weighted by molar-refractivity contribution is 5.94. The lowest BCUT2D eigenvalue weighted by Gasteiger charge is -2.57. The van der Waals surface area contributed by atoms with Gasteiger partial charge >= 0.3 is 29.8 Å². The lowest BCUT2D eigenvalue weighted by Crippen LogP contribution is -2.63. The van der Waals surface area contributed by atoms with Gasteiger partial charge in [0.15, 0.2) is 0 Å². The Hall–Kier alpha value is -3.39. The number of esters is 4. The first-order valence-electron chi connectivity index (χ1n) is 18.7. The fourth-order valence-corrected chi connectivity index (χ4v) is 9.51. The number of ether oxygens (including phenoxy) is 4. The standard InChI is InChI=1S/C39H64N2O12/c1-12-50-34(49)39(53-33(48)19-30(44)45,24-28-20-35(4,5)40(36(6,7)21-28)13-15-51-31(46)17-26(2)42)25-29-22-37(8,9)41(38(10,11)23-29)14-16-52-32(47)18-27(3)43/h28-29H,12-25H2,1-11H3,(H,44,45). The highest BCUT2D eigenvalue weighted by atomic mass is 16.6. The summed E-state index contributed by atoms with van der Waals surface area (Å²) in [6.45, 7) is 22.0. The molecule has 1 N–H and O–H groups in total. The van der Waals surface area contributed by atoms with E-state index >= 15 is 0 Å². The SMILES string of the molecule is CCOC(=O)C(CC1CC(C)(C)N(CCOC(=O)CC(C)=O)C(C)(C)C1)(CC1CC(C)(C)N(CCOC(=O)CC(C)=O)C(C)(C)C1)OC(=O)CC(=O)O. The van der Waals surface area contributed by atoms with Crippen molar-refractivity contribution in [3.8, 4) is 0 Å². The smallest absolute Gasteiger partial charge is 0.350 e. The second-order valence-electron chi connectivity index (χ2n) is 17.5. The summed E-state index contributed by atoms with van der Waals surface area (Å²) in [6, 6.07) is 0. The van der Waals surface area contributed by atoms with E-state index in [1.807, 2.05) is 0 Å². The predicted octanol–water partition coefficient (Wildman–Crippen LogP) is 4.67. The first kappa shape index (κ1) is 45.8. The van der Waals surface area contributed by atoms with Crippen molar-refractivity contribution in [3.63, 3.8) is 0 Å². The van der Waals surface area contributed by atoms with Gasteiger partial charge in [0.05, 0.1) is 6.61 Å². The minimum Gasteiger partial charge on any atom is -0.481 e. The molecule has 2 aliphatic heterocycles. The van der Waals surface area contributed by atoms with Gasteiger partial charge in [0.25, 0.3) is 0 Å². The summed E-state index contributed by atoms with van der Waals surface area (Å²) >= 11 is 0. The molecule has 0 amide bonds. The van der Waals surface area contributed by atoms with Crippen LogP contribution in [-0.4, -0.2) is 117 Å². The fourth-order valence-electron chi connectivity index (χ4n) is 9.51. The van der Waals surface area contributed by atoms with Gasteiger partial charge in [-0.1, -0.05) is 0 Å². The summed E-state index contributed by atoms with van der Waals surface area (Å²) in [5.74, 6) is -5.07. The number of ketones is 2. The molecule has 0 bridgehead atoms. The van der Waals surface area contributed by atoms with E-state index in [-0.39, 0.29) is 68.9 Å². The predicted molar refractivity (Wildman–Crippen MR) is 195 cm³/mol. The van der Waals surface area contributed by atoms with E-state index in [0.29, 0.717) is 38.8 Å². The molecule has 2 aliphatic rings. The van der Waals surface area contributed by atoms with Crippen molar-refractivity contribution in [1.82, 2.24) is 9.80 Å². The average Bonchev–Trinajstić information content (AvgIpc) is 2.93. The molecule has 2 fully saturated rings. The molecule has 0 aromatic rings. The third kappa shape index (κ3) is 13.4. The number of carbonyl (C=O) groups is 7. The van der Waals surface area contributed by atoms with Gasteiger partial charge in [-0.05, 0) is 114 Å². The van der Waals surface area contributed by atoms with Crippen LogP contribution in [0, 0.1) is 11.8 Å². The van der Waals surface area contributed by atoms with Crippen LogP contribution in [0.4, 0.5) is 0 Å². The normalized spacial score (nSPS) is 20.2. The zero-order chi connectivity index (χ0) is 40.6. The van der Waals surface area contributed by atoms with Crippen molar-refractivity contribution < 1.29 is 57.6 Å². The largest absolute Gasteiger partial charge is 0.481 e. The van der Waals surface area contributed by atoms with E-state index in [4.69, 9.17) is 18.9 Å². The number of Topliss-reactive ketones (excluding diaryl/α,β-unsaturated/α-hetero) is 2. The lowest BCUT2D eigenvalue weighted by molar-refractivity contribution is -0.193. The van der Waals surface area contributed by atoms with E-state index in [1.165, 1.54) is 13.8 Å². The molecule has 2 heterocycles. The summed E-state index contributed by atoms with van der Waals surface area (Å²) in [5, 5.41) is 9.47. The van der Waals surface area contributed by atoms with Crippen LogP contribution < -0.4 is 0 Å². The molecule has 0 radical (unpaired) electrons. The van der Waals surface area contributed by atoms with Gasteiger partial charge in [-0.15, -0.1) is 0 Å². The van der Waals surface area contributed by atoms with E-state index < -0.39 is 64.0 Å². The number of hydrogen-bond acceptors (Lipinski definition) is 13. The number of carbonyl (C=O) groups excluding carboxylic acids is 6. The molecule has 0 spiro atoms. The molecule has 2 rings (SSSR count). The first-order chi connectivity index (χ1) is 24.2. The molecule has 0 atom stereocenters. The molecule has 0 aliphatic carbocycles. The maximum Gasteiger partial charge on any atom is 0.350 e. The number of nitrogens with zero attached hydrogens (tertiary/aromatic N) is 2. The van der Waals surface area contributed by atoms with Gasteiger partial charge in [-0.3, -0.25) is 38.6 Å². The summed E-state index contributed by atoms with van der Waals surface area (Å²) in [4.78, 5) is 90.3. The quantitative estimate of drug-likeness (QED) is 0.109. The number of rotatable bonds is 19. The number of carboxylic acid groups (broad SMARTS) is 1. The Morgan fingerprint density at radius 1 is 0.604 bits per heavy atom. The van der Waals surface area contributed by atoms with Crippen molar-refractivity contribution in [2.24, 2.45) is 11.8 Å². The van der Waals surface area contributed by atoms with Crippen LogP contribution in [0.5, 0.6) is 0 Å². The minimum atomic E-state index is -1.76. The molecular weight excluding hydrogens is 688 g/mol. The van der Waals surface area contributed by atoms with Gasteiger partial charge in [-0.2, -0.15) is 0 Å². The number of piperidine rings is 2. The summed E-state index contributed by atoms with van der Waals surface area (Å²) < 4.78 is 22.4. The molecular formula is C39H64N2O12. The Morgan fingerprint density at radius 3 is 1.26 bits per heavy atom.